The zero-order valence-corrected chi connectivity index (χ0v) is 23.8. The van der Waals surface area contributed by atoms with Crippen LogP contribution in [0.2, 0.25) is 0 Å². The first kappa shape index (κ1) is 29.7. The van der Waals surface area contributed by atoms with Crippen molar-refractivity contribution in [3.8, 4) is 23.0 Å². The lowest BCUT2D eigenvalue weighted by Crippen LogP contribution is -2.58. The summed E-state index contributed by atoms with van der Waals surface area (Å²) >= 11 is 0. The molecule has 3 aromatic rings. The summed E-state index contributed by atoms with van der Waals surface area (Å²) in [5.74, 6) is -2.00. The van der Waals surface area contributed by atoms with Gasteiger partial charge in [0.05, 0.1) is 18.0 Å². The number of rotatable bonds is 4. The minimum Gasteiger partial charge on any atom is -0.507 e. The molecule has 6 rings (SSSR count). The second-order valence-corrected chi connectivity index (χ2v) is 11.9. The van der Waals surface area contributed by atoms with Crippen molar-refractivity contribution in [1.82, 2.24) is 14.9 Å². The van der Waals surface area contributed by atoms with Crippen molar-refractivity contribution >= 4 is 27.8 Å². The van der Waals surface area contributed by atoms with Crippen LogP contribution in [0.15, 0.2) is 65.6 Å². The molecule has 0 aromatic heterocycles. The molecule has 0 spiro atoms. The Morgan fingerprint density at radius 3 is 2.56 bits per heavy atom. The van der Waals surface area contributed by atoms with Crippen LogP contribution < -0.4 is 24.8 Å². The van der Waals surface area contributed by atoms with Crippen molar-refractivity contribution in [3.63, 3.8) is 0 Å². The monoisotopic (exact) mass is 611 g/mol. The fourth-order valence-corrected chi connectivity index (χ4v) is 6.34. The molecule has 14 heteroatoms. The number of phenols is 1. The van der Waals surface area contributed by atoms with Gasteiger partial charge in [0, 0.05) is 31.6 Å². The van der Waals surface area contributed by atoms with Gasteiger partial charge < -0.3 is 35.1 Å². The number of hydrogen-bond donors (Lipinski definition) is 4. The Balaban J connectivity index is 1.48. The third-order valence-corrected chi connectivity index (χ3v) is 9.01. The van der Waals surface area contributed by atoms with E-state index >= 15 is 0 Å². The number of carboxylic acids is 1. The number of hydrogen-bond acceptors (Lipinski definition) is 9. The molecule has 4 N–H and O–H groups in total. The van der Waals surface area contributed by atoms with Gasteiger partial charge in [0.1, 0.15) is 23.2 Å². The van der Waals surface area contributed by atoms with E-state index in [1.807, 2.05) is 0 Å². The molecule has 3 aliphatic rings. The van der Waals surface area contributed by atoms with Crippen molar-refractivity contribution in [2.24, 2.45) is 0 Å². The number of nitrogens with one attached hydrogen (secondary N) is 2. The predicted octanol–water partition coefficient (Wildman–Crippen LogP) is 1.75. The fourth-order valence-electron chi connectivity index (χ4n) is 4.83. The van der Waals surface area contributed by atoms with Gasteiger partial charge in [0.15, 0.2) is 18.1 Å². The average molecular weight is 612 g/mol. The quantitative estimate of drug-likeness (QED) is 0.339. The SMILES string of the molecule is COc1ccc2cc1OCC(=O)NCc1ccc(cc1)O[C@@H]1CCN(S(=O)(=O)c3ccc(O)c(C(=O)O)c3)C[C@@H]1NC2=O. The van der Waals surface area contributed by atoms with Crippen LogP contribution in [-0.4, -0.2) is 79.7 Å². The van der Waals surface area contributed by atoms with Gasteiger partial charge in [-0.2, -0.15) is 4.31 Å². The number of carbonyl (C=O) groups is 3. The molecule has 13 nitrogen and oxygen atoms in total. The summed E-state index contributed by atoms with van der Waals surface area (Å²) < 4.78 is 45.4. The minimum atomic E-state index is -4.22. The molecular formula is C29H29N3O10S. The second kappa shape index (κ2) is 12.2. The number of piperidine rings is 1. The van der Waals surface area contributed by atoms with Crippen molar-refractivity contribution < 1.29 is 47.2 Å². The lowest BCUT2D eigenvalue weighted by molar-refractivity contribution is -0.123. The second-order valence-electron chi connectivity index (χ2n) is 9.95. The largest absolute Gasteiger partial charge is 0.507 e. The highest BCUT2D eigenvalue weighted by Crippen LogP contribution is 2.30. The van der Waals surface area contributed by atoms with Gasteiger partial charge in [0.2, 0.25) is 10.0 Å². The number of carbonyl (C=O) groups excluding carboxylic acids is 2. The molecule has 3 aromatic carbocycles. The van der Waals surface area contributed by atoms with E-state index in [0.717, 1.165) is 28.1 Å². The van der Waals surface area contributed by atoms with Crippen LogP contribution in [0.25, 0.3) is 0 Å². The summed E-state index contributed by atoms with van der Waals surface area (Å²) in [5.41, 5.74) is 0.434. The van der Waals surface area contributed by atoms with Crippen LogP contribution in [0.3, 0.4) is 0 Å². The predicted molar refractivity (Wildman–Crippen MR) is 151 cm³/mol. The Bertz CT molecular complexity index is 1660. The number of amides is 2. The summed E-state index contributed by atoms with van der Waals surface area (Å²) in [7, 11) is -2.79. The molecule has 0 unspecified atom stereocenters. The van der Waals surface area contributed by atoms with Crippen LogP contribution in [0.4, 0.5) is 0 Å². The van der Waals surface area contributed by atoms with Gasteiger partial charge >= 0.3 is 5.97 Å². The van der Waals surface area contributed by atoms with E-state index in [-0.39, 0.29) is 54.8 Å². The first-order valence-electron chi connectivity index (χ1n) is 13.3. The van der Waals surface area contributed by atoms with Crippen molar-refractivity contribution in [3.05, 3.63) is 77.4 Å². The molecular weight excluding hydrogens is 582 g/mol. The molecule has 0 saturated carbocycles. The highest BCUT2D eigenvalue weighted by molar-refractivity contribution is 7.89. The molecule has 2 amide bonds. The van der Waals surface area contributed by atoms with Gasteiger partial charge in [0.25, 0.3) is 11.8 Å². The zero-order chi connectivity index (χ0) is 30.7. The molecule has 3 heterocycles. The number of fused-ring (bicyclic) bond motifs is 7. The number of benzene rings is 3. The maximum absolute atomic E-state index is 13.6. The van der Waals surface area contributed by atoms with E-state index in [2.05, 4.69) is 10.6 Å². The van der Waals surface area contributed by atoms with Crippen molar-refractivity contribution in [1.29, 1.82) is 0 Å². The summed E-state index contributed by atoms with van der Waals surface area (Å²) in [6.07, 6.45) is -0.428. The number of aromatic hydroxyl groups is 1. The van der Waals surface area contributed by atoms with Crippen LogP contribution in [0, 0.1) is 0 Å². The maximum atomic E-state index is 13.6. The molecule has 2 atom stereocenters. The Morgan fingerprint density at radius 1 is 1.07 bits per heavy atom. The molecule has 0 aliphatic carbocycles. The van der Waals surface area contributed by atoms with Gasteiger partial charge in [-0.1, -0.05) is 12.1 Å². The van der Waals surface area contributed by atoms with E-state index in [0.29, 0.717) is 11.5 Å². The molecule has 226 valence electrons. The third-order valence-electron chi connectivity index (χ3n) is 7.15. The average Bonchev–Trinajstić information content (AvgIpc) is 2.99. The molecule has 1 saturated heterocycles. The highest BCUT2D eigenvalue weighted by atomic mass is 32.2. The summed E-state index contributed by atoms with van der Waals surface area (Å²) in [6.45, 7) is -0.230. The number of sulfonamides is 1. The lowest BCUT2D eigenvalue weighted by Gasteiger charge is -2.38. The normalized spacial score (nSPS) is 19.6. The van der Waals surface area contributed by atoms with Gasteiger partial charge in [-0.05, 0) is 54.1 Å². The van der Waals surface area contributed by atoms with Crippen molar-refractivity contribution in [2.75, 3.05) is 26.8 Å². The summed E-state index contributed by atoms with van der Waals surface area (Å²) in [5, 5.41) is 24.8. The highest BCUT2D eigenvalue weighted by Gasteiger charge is 2.38. The first-order valence-corrected chi connectivity index (χ1v) is 14.7. The van der Waals surface area contributed by atoms with Crippen LogP contribution in [-0.2, 0) is 21.4 Å². The molecule has 3 aliphatic heterocycles. The zero-order valence-electron chi connectivity index (χ0n) is 23.0. The van der Waals surface area contributed by atoms with Crippen molar-refractivity contribution in [2.45, 2.75) is 30.0 Å². The molecule has 43 heavy (non-hydrogen) atoms. The van der Waals surface area contributed by atoms with E-state index < -0.39 is 45.4 Å². The summed E-state index contributed by atoms with van der Waals surface area (Å²) in [6, 6.07) is 13.7. The van der Waals surface area contributed by atoms with E-state index in [9.17, 15) is 33.0 Å². The van der Waals surface area contributed by atoms with Crippen LogP contribution >= 0.6 is 0 Å². The number of methoxy groups -OCH3 is 1. The number of ether oxygens (including phenoxy) is 3. The first-order chi connectivity index (χ1) is 20.5. The van der Waals surface area contributed by atoms with E-state index in [1.165, 1.54) is 25.3 Å². The Labute approximate surface area is 247 Å². The van der Waals surface area contributed by atoms with E-state index in [1.54, 1.807) is 24.3 Å². The third kappa shape index (κ3) is 6.49. The lowest BCUT2D eigenvalue weighted by atomic mass is 10.0. The smallest absolute Gasteiger partial charge is 0.339 e. The van der Waals surface area contributed by atoms with Gasteiger partial charge in [-0.25, -0.2) is 13.2 Å². The van der Waals surface area contributed by atoms with Crippen LogP contribution in [0.5, 0.6) is 23.0 Å². The fraction of sp³-hybridized carbons (Fsp3) is 0.276. The topological polar surface area (TPSA) is 181 Å². The Morgan fingerprint density at radius 2 is 1.84 bits per heavy atom. The molecule has 1 fully saturated rings. The van der Waals surface area contributed by atoms with E-state index in [4.69, 9.17) is 14.2 Å². The van der Waals surface area contributed by atoms with Gasteiger partial charge in [-0.15, -0.1) is 0 Å². The molecule has 4 bridgehead atoms. The Kier molecular flexibility index (Phi) is 8.41. The maximum Gasteiger partial charge on any atom is 0.339 e. The molecule has 0 radical (unpaired) electrons. The van der Waals surface area contributed by atoms with Crippen LogP contribution in [0.1, 0.15) is 32.7 Å². The summed E-state index contributed by atoms with van der Waals surface area (Å²) in [4.78, 5) is 37.0. The standard InChI is InChI=1S/C29H29N3O10S/c1-40-25-9-4-18-12-26(25)41-16-27(34)30-14-17-2-5-19(6-3-17)42-24-10-11-32(15-22(24)31-28(18)35)43(38,39)20-7-8-23(33)21(13-20)29(36)37/h2-9,12-13,22,24,33H,10-11,14-16H2,1H3,(H,30,34)(H,31,35)(H,36,37)/t22-,24+/m0/s1. The number of carboxylic acid groups (broad SMARTS) is 1. The van der Waals surface area contributed by atoms with Gasteiger partial charge in [-0.3, -0.25) is 9.59 Å². The number of aromatic carboxylic acids is 1. The minimum absolute atomic E-state index is 0.0211. The number of nitrogens with zero attached hydrogens (tertiary/aromatic N) is 1. The Hall–Kier alpha value is -4.82.